The Morgan fingerprint density at radius 2 is 2.17 bits per heavy atom. The van der Waals surface area contributed by atoms with Crippen LogP contribution in [0.2, 0.25) is 5.02 Å². The highest BCUT2D eigenvalue weighted by atomic mass is 35.5. The first-order valence-corrected chi connectivity index (χ1v) is 5.01. The number of amidine groups is 1. The zero-order valence-corrected chi connectivity index (χ0v) is 9.82. The standard InChI is InChI=1S/C10H9ClN6O/c11-5-1-2-7(6(3-5)10(15)18)16-17-8(4-12)9(13)14/h1-3,16H,(H3,13,14)(H2,15,18)/b17-8+. The van der Waals surface area contributed by atoms with E-state index in [1.807, 2.05) is 0 Å². The van der Waals surface area contributed by atoms with Crippen LogP contribution in [-0.4, -0.2) is 17.5 Å². The lowest BCUT2D eigenvalue weighted by Gasteiger charge is -2.06. The Kier molecular flexibility index (Phi) is 4.23. The maximum Gasteiger partial charge on any atom is 0.250 e. The van der Waals surface area contributed by atoms with E-state index >= 15 is 0 Å². The molecule has 92 valence electrons. The number of anilines is 1. The first-order chi connectivity index (χ1) is 8.45. The first kappa shape index (κ1) is 13.5. The second-order valence-corrected chi connectivity index (χ2v) is 3.59. The Morgan fingerprint density at radius 1 is 1.50 bits per heavy atom. The number of amides is 1. The molecule has 18 heavy (non-hydrogen) atoms. The predicted octanol–water partition coefficient (Wildman–Crippen LogP) is 0.666. The number of nitrogens with one attached hydrogen (secondary N) is 2. The summed E-state index contributed by atoms with van der Waals surface area (Å²) in [5.74, 6) is -1.18. The van der Waals surface area contributed by atoms with Gasteiger partial charge in [0.2, 0.25) is 5.71 Å². The topological polar surface area (TPSA) is 141 Å². The Bertz CT molecular complexity index is 574. The zero-order valence-electron chi connectivity index (χ0n) is 9.07. The van der Waals surface area contributed by atoms with Crippen molar-refractivity contribution in [1.29, 1.82) is 10.7 Å². The molecule has 6 N–H and O–H groups in total. The zero-order chi connectivity index (χ0) is 13.7. The number of carbonyl (C=O) groups excluding carboxylic acids is 1. The van der Waals surface area contributed by atoms with Gasteiger partial charge in [0.15, 0.2) is 5.84 Å². The van der Waals surface area contributed by atoms with Crippen LogP contribution in [0.25, 0.3) is 0 Å². The van der Waals surface area contributed by atoms with E-state index in [1.54, 1.807) is 6.07 Å². The third-order valence-electron chi connectivity index (χ3n) is 1.90. The fourth-order valence-corrected chi connectivity index (χ4v) is 1.25. The van der Waals surface area contributed by atoms with Crippen LogP contribution in [0.4, 0.5) is 5.69 Å². The Hall–Kier alpha value is -2.59. The van der Waals surface area contributed by atoms with Crippen molar-refractivity contribution in [3.05, 3.63) is 28.8 Å². The van der Waals surface area contributed by atoms with Gasteiger partial charge < -0.3 is 11.5 Å². The molecule has 0 heterocycles. The molecule has 0 aliphatic carbocycles. The fourth-order valence-electron chi connectivity index (χ4n) is 1.08. The first-order valence-electron chi connectivity index (χ1n) is 4.63. The molecule has 0 aliphatic rings. The van der Waals surface area contributed by atoms with E-state index in [4.69, 9.17) is 33.7 Å². The molecule has 0 atom stereocenters. The lowest BCUT2D eigenvalue weighted by Crippen LogP contribution is -2.22. The second-order valence-electron chi connectivity index (χ2n) is 3.15. The molecular formula is C10H9ClN6O. The number of hydrogen-bond acceptors (Lipinski definition) is 5. The highest BCUT2D eigenvalue weighted by molar-refractivity contribution is 6.45. The molecule has 1 rings (SSSR count). The van der Waals surface area contributed by atoms with Crippen LogP contribution in [-0.2, 0) is 0 Å². The summed E-state index contributed by atoms with van der Waals surface area (Å²) in [6, 6.07) is 5.98. The van der Waals surface area contributed by atoms with Crippen molar-refractivity contribution in [1.82, 2.24) is 0 Å². The summed E-state index contributed by atoms with van der Waals surface area (Å²) in [6.45, 7) is 0. The average Bonchev–Trinajstić information content (AvgIpc) is 2.30. The van der Waals surface area contributed by atoms with Gasteiger partial charge in [-0.25, -0.2) is 0 Å². The number of nitrogens with zero attached hydrogens (tertiary/aromatic N) is 2. The monoisotopic (exact) mass is 264 g/mol. The molecule has 0 aromatic heterocycles. The van der Waals surface area contributed by atoms with E-state index in [2.05, 4.69) is 10.5 Å². The van der Waals surface area contributed by atoms with Gasteiger partial charge in [-0.3, -0.25) is 15.6 Å². The molecule has 0 saturated heterocycles. The van der Waals surface area contributed by atoms with Crippen LogP contribution in [0.1, 0.15) is 10.4 Å². The largest absolute Gasteiger partial charge is 0.382 e. The number of nitrogens with two attached hydrogens (primary N) is 2. The molecule has 8 heteroatoms. The van der Waals surface area contributed by atoms with Crippen LogP contribution in [0.3, 0.4) is 0 Å². The van der Waals surface area contributed by atoms with Gasteiger partial charge in [0.25, 0.3) is 5.91 Å². The molecule has 0 saturated carbocycles. The molecule has 0 spiro atoms. The SMILES string of the molecule is N#C/C(=N\Nc1ccc(Cl)cc1C(N)=O)C(=N)N. The number of benzene rings is 1. The molecule has 7 nitrogen and oxygen atoms in total. The van der Waals surface area contributed by atoms with Crippen LogP contribution < -0.4 is 16.9 Å². The van der Waals surface area contributed by atoms with E-state index in [-0.39, 0.29) is 17.0 Å². The number of rotatable bonds is 4. The molecule has 0 bridgehead atoms. The molecule has 0 unspecified atom stereocenters. The van der Waals surface area contributed by atoms with Crippen molar-refractivity contribution in [3.8, 4) is 6.07 Å². The van der Waals surface area contributed by atoms with Gasteiger partial charge in [-0.1, -0.05) is 11.6 Å². The van der Waals surface area contributed by atoms with Gasteiger partial charge >= 0.3 is 0 Å². The predicted molar refractivity (Wildman–Crippen MR) is 68.6 cm³/mol. The third kappa shape index (κ3) is 3.20. The Balaban J connectivity index is 3.09. The van der Waals surface area contributed by atoms with E-state index in [0.717, 1.165) is 0 Å². The van der Waals surface area contributed by atoms with Crippen molar-refractivity contribution in [2.75, 3.05) is 5.43 Å². The molecule has 0 aliphatic heterocycles. The van der Waals surface area contributed by atoms with Crippen molar-refractivity contribution in [3.63, 3.8) is 0 Å². The Labute approximate surface area is 108 Å². The molecule has 1 aromatic carbocycles. The summed E-state index contributed by atoms with van der Waals surface area (Å²) >= 11 is 5.72. The summed E-state index contributed by atoms with van der Waals surface area (Å²) in [4.78, 5) is 11.2. The summed E-state index contributed by atoms with van der Waals surface area (Å²) < 4.78 is 0. The van der Waals surface area contributed by atoms with Crippen LogP contribution in [0.5, 0.6) is 0 Å². The van der Waals surface area contributed by atoms with E-state index in [0.29, 0.717) is 5.02 Å². The van der Waals surface area contributed by atoms with Gasteiger partial charge in [0.05, 0.1) is 11.3 Å². The average molecular weight is 265 g/mol. The normalized spacial score (nSPS) is 10.6. The summed E-state index contributed by atoms with van der Waals surface area (Å²) in [5.41, 5.74) is 12.8. The lowest BCUT2D eigenvalue weighted by molar-refractivity contribution is 0.100. The fraction of sp³-hybridized carbons (Fsp3) is 0. The van der Waals surface area contributed by atoms with E-state index in [9.17, 15) is 4.79 Å². The summed E-state index contributed by atoms with van der Waals surface area (Å²) in [6.07, 6.45) is 0. The van der Waals surface area contributed by atoms with Crippen molar-refractivity contribution >= 4 is 34.7 Å². The quantitative estimate of drug-likeness (QED) is 0.360. The number of nitriles is 1. The van der Waals surface area contributed by atoms with Gasteiger partial charge in [0, 0.05) is 5.02 Å². The number of carbonyl (C=O) groups is 1. The minimum absolute atomic E-state index is 0.118. The van der Waals surface area contributed by atoms with Crippen LogP contribution in [0, 0.1) is 16.7 Å². The van der Waals surface area contributed by atoms with Crippen molar-refractivity contribution in [2.24, 2.45) is 16.6 Å². The number of hydrogen-bond donors (Lipinski definition) is 4. The maximum absolute atomic E-state index is 11.2. The molecule has 1 amide bonds. The Morgan fingerprint density at radius 3 is 2.67 bits per heavy atom. The van der Waals surface area contributed by atoms with E-state index < -0.39 is 11.7 Å². The number of primary amides is 1. The molecule has 0 fully saturated rings. The van der Waals surface area contributed by atoms with Crippen molar-refractivity contribution < 1.29 is 4.79 Å². The maximum atomic E-state index is 11.2. The number of halogens is 1. The molecule has 1 aromatic rings. The summed E-state index contributed by atoms with van der Waals surface area (Å²) in [7, 11) is 0. The summed E-state index contributed by atoms with van der Waals surface area (Å²) in [5, 5.41) is 19.6. The van der Waals surface area contributed by atoms with Crippen molar-refractivity contribution in [2.45, 2.75) is 0 Å². The number of hydrazone groups is 1. The highest BCUT2D eigenvalue weighted by Gasteiger charge is 2.09. The van der Waals surface area contributed by atoms with Gasteiger partial charge in [-0.2, -0.15) is 10.4 Å². The smallest absolute Gasteiger partial charge is 0.250 e. The third-order valence-corrected chi connectivity index (χ3v) is 2.13. The van der Waals surface area contributed by atoms with Crippen LogP contribution >= 0.6 is 11.6 Å². The molecular weight excluding hydrogens is 256 g/mol. The van der Waals surface area contributed by atoms with Gasteiger partial charge in [-0.15, -0.1) is 0 Å². The van der Waals surface area contributed by atoms with Crippen LogP contribution in [0.15, 0.2) is 23.3 Å². The second kappa shape index (κ2) is 5.65. The minimum Gasteiger partial charge on any atom is -0.382 e. The van der Waals surface area contributed by atoms with Gasteiger partial charge in [-0.05, 0) is 18.2 Å². The van der Waals surface area contributed by atoms with E-state index in [1.165, 1.54) is 18.2 Å². The highest BCUT2D eigenvalue weighted by Crippen LogP contribution is 2.20. The molecule has 0 radical (unpaired) electrons. The lowest BCUT2D eigenvalue weighted by atomic mass is 10.2. The minimum atomic E-state index is -0.698. The van der Waals surface area contributed by atoms with Gasteiger partial charge in [0.1, 0.15) is 6.07 Å².